The Hall–Kier alpha value is -1.19. The lowest BCUT2D eigenvalue weighted by Gasteiger charge is -2.05. The van der Waals surface area contributed by atoms with E-state index in [-0.39, 0.29) is 0 Å². The number of nitrogens with two attached hydrogens (primary N) is 1. The molecule has 78 valence electrons. The summed E-state index contributed by atoms with van der Waals surface area (Å²) in [6.45, 7) is 0.742. The molecule has 0 bridgehead atoms. The van der Waals surface area contributed by atoms with Crippen molar-refractivity contribution < 1.29 is 0 Å². The maximum Gasteiger partial charge on any atom is 0.123 e. The molecule has 0 aliphatic carbocycles. The van der Waals surface area contributed by atoms with Crippen LogP contribution >= 0.6 is 11.3 Å². The van der Waals surface area contributed by atoms with Gasteiger partial charge < -0.3 is 5.73 Å². The zero-order valence-electron chi connectivity index (χ0n) is 8.52. The van der Waals surface area contributed by atoms with E-state index in [0.717, 1.165) is 24.4 Å². The first-order valence-corrected chi connectivity index (χ1v) is 5.97. The zero-order chi connectivity index (χ0) is 10.5. The van der Waals surface area contributed by atoms with E-state index in [1.54, 1.807) is 11.3 Å². The van der Waals surface area contributed by atoms with Crippen molar-refractivity contribution in [1.82, 2.24) is 4.98 Å². The van der Waals surface area contributed by atoms with Crippen LogP contribution in [-0.2, 0) is 6.42 Å². The summed E-state index contributed by atoms with van der Waals surface area (Å²) in [5, 5.41) is 3.11. The highest BCUT2D eigenvalue weighted by Gasteiger charge is 2.05. The van der Waals surface area contributed by atoms with Gasteiger partial charge in [0.05, 0.1) is 0 Å². The van der Waals surface area contributed by atoms with Crippen LogP contribution in [0.15, 0.2) is 35.8 Å². The van der Waals surface area contributed by atoms with Gasteiger partial charge in [-0.2, -0.15) is 0 Å². The molecule has 0 aliphatic rings. The molecule has 3 heteroatoms. The number of nitrogens with zero attached hydrogens (tertiary/aromatic N) is 1. The second kappa shape index (κ2) is 5.05. The Morgan fingerprint density at radius 2 is 2.13 bits per heavy atom. The summed E-state index contributed by atoms with van der Waals surface area (Å²) in [4.78, 5) is 4.34. The molecule has 1 aromatic heterocycles. The van der Waals surface area contributed by atoms with Gasteiger partial charge in [0.2, 0.25) is 0 Å². The molecule has 0 spiro atoms. The zero-order valence-corrected chi connectivity index (χ0v) is 9.33. The van der Waals surface area contributed by atoms with Crippen LogP contribution < -0.4 is 5.73 Å². The fourth-order valence-corrected chi connectivity index (χ4v) is 2.29. The quantitative estimate of drug-likeness (QED) is 0.857. The number of hydrogen-bond acceptors (Lipinski definition) is 3. The van der Waals surface area contributed by atoms with Gasteiger partial charge in [-0.3, -0.25) is 0 Å². The van der Waals surface area contributed by atoms with Crippen LogP contribution in [0.3, 0.4) is 0 Å². The smallest absolute Gasteiger partial charge is 0.123 e. The van der Waals surface area contributed by atoms with E-state index in [0.29, 0.717) is 0 Å². The number of benzene rings is 1. The van der Waals surface area contributed by atoms with Gasteiger partial charge in [0, 0.05) is 17.1 Å². The highest BCUT2D eigenvalue weighted by atomic mass is 32.1. The summed E-state index contributed by atoms with van der Waals surface area (Å²) < 4.78 is 0. The highest BCUT2D eigenvalue weighted by molar-refractivity contribution is 7.13. The Labute approximate surface area is 93.8 Å². The summed E-state index contributed by atoms with van der Waals surface area (Å²) in [7, 11) is 0. The normalized spacial score (nSPS) is 10.5. The molecule has 0 saturated carbocycles. The second-order valence-corrected chi connectivity index (χ2v) is 4.28. The lowest BCUT2D eigenvalue weighted by molar-refractivity contribution is 0.834. The van der Waals surface area contributed by atoms with E-state index < -0.39 is 0 Å². The van der Waals surface area contributed by atoms with Crippen LogP contribution in [0.5, 0.6) is 0 Å². The minimum atomic E-state index is 0.742. The molecule has 0 aliphatic heterocycles. The Bertz CT molecular complexity index is 409. The van der Waals surface area contributed by atoms with Gasteiger partial charge in [0.1, 0.15) is 5.01 Å². The molecule has 0 saturated heterocycles. The molecule has 15 heavy (non-hydrogen) atoms. The Kier molecular flexibility index (Phi) is 3.48. The van der Waals surface area contributed by atoms with Crippen molar-refractivity contribution in [2.75, 3.05) is 6.54 Å². The third-order valence-corrected chi connectivity index (χ3v) is 3.14. The fraction of sp³-hybridized carbons (Fsp3) is 0.250. The molecule has 0 fully saturated rings. The van der Waals surface area contributed by atoms with Crippen LogP contribution in [0.4, 0.5) is 0 Å². The predicted octanol–water partition coefficient (Wildman–Crippen LogP) is 2.70. The molecular formula is C12H14N2S. The molecule has 1 aromatic carbocycles. The first-order valence-electron chi connectivity index (χ1n) is 5.09. The molecule has 0 unspecified atom stereocenters. The first-order chi connectivity index (χ1) is 7.42. The van der Waals surface area contributed by atoms with Crippen molar-refractivity contribution >= 4 is 11.3 Å². The van der Waals surface area contributed by atoms with Crippen molar-refractivity contribution in [2.45, 2.75) is 12.8 Å². The number of rotatable bonds is 4. The van der Waals surface area contributed by atoms with Gasteiger partial charge in [-0.05, 0) is 24.9 Å². The average Bonchev–Trinajstić information content (AvgIpc) is 2.80. The third kappa shape index (κ3) is 2.43. The Balaban J connectivity index is 2.30. The van der Waals surface area contributed by atoms with E-state index >= 15 is 0 Å². The molecule has 2 rings (SSSR count). The second-order valence-electron chi connectivity index (χ2n) is 3.39. The molecule has 2 aromatic rings. The van der Waals surface area contributed by atoms with Crippen molar-refractivity contribution in [1.29, 1.82) is 0 Å². The van der Waals surface area contributed by atoms with Crippen LogP contribution in [0.25, 0.3) is 10.6 Å². The third-order valence-electron chi connectivity index (χ3n) is 2.33. The number of hydrogen-bond donors (Lipinski definition) is 1. The summed E-state index contributed by atoms with van der Waals surface area (Å²) in [5.74, 6) is 0. The van der Waals surface area contributed by atoms with Crippen LogP contribution in [0.2, 0.25) is 0 Å². The van der Waals surface area contributed by atoms with Crippen LogP contribution in [0.1, 0.15) is 12.0 Å². The minimum absolute atomic E-state index is 0.742. The van der Waals surface area contributed by atoms with Crippen molar-refractivity contribution in [2.24, 2.45) is 5.73 Å². The van der Waals surface area contributed by atoms with Gasteiger partial charge in [-0.1, -0.05) is 24.3 Å². The molecular weight excluding hydrogens is 204 g/mol. The van der Waals surface area contributed by atoms with E-state index in [1.165, 1.54) is 11.1 Å². The van der Waals surface area contributed by atoms with E-state index in [4.69, 9.17) is 5.73 Å². The van der Waals surface area contributed by atoms with Gasteiger partial charge in [0.25, 0.3) is 0 Å². The van der Waals surface area contributed by atoms with Crippen molar-refractivity contribution in [3.63, 3.8) is 0 Å². The van der Waals surface area contributed by atoms with Gasteiger partial charge in [-0.15, -0.1) is 11.3 Å². The first kappa shape index (κ1) is 10.3. The Morgan fingerprint density at radius 1 is 1.27 bits per heavy atom. The van der Waals surface area contributed by atoms with E-state index in [9.17, 15) is 0 Å². The van der Waals surface area contributed by atoms with E-state index in [2.05, 4.69) is 29.2 Å². The number of aromatic nitrogens is 1. The monoisotopic (exact) mass is 218 g/mol. The minimum Gasteiger partial charge on any atom is -0.330 e. The lowest BCUT2D eigenvalue weighted by Crippen LogP contribution is -2.01. The SMILES string of the molecule is NCCCc1ccccc1-c1nccs1. The largest absolute Gasteiger partial charge is 0.330 e. The average molecular weight is 218 g/mol. The van der Waals surface area contributed by atoms with E-state index in [1.807, 2.05) is 11.6 Å². The number of aryl methyl sites for hydroxylation is 1. The molecule has 0 radical (unpaired) electrons. The van der Waals surface area contributed by atoms with Crippen LogP contribution in [-0.4, -0.2) is 11.5 Å². The molecule has 2 nitrogen and oxygen atoms in total. The van der Waals surface area contributed by atoms with Gasteiger partial charge in [-0.25, -0.2) is 4.98 Å². The molecule has 1 heterocycles. The lowest BCUT2D eigenvalue weighted by atomic mass is 10.0. The van der Waals surface area contributed by atoms with Crippen molar-refractivity contribution in [3.8, 4) is 10.6 Å². The van der Waals surface area contributed by atoms with Crippen LogP contribution in [0, 0.1) is 0 Å². The van der Waals surface area contributed by atoms with Gasteiger partial charge in [0.15, 0.2) is 0 Å². The van der Waals surface area contributed by atoms with Crippen molar-refractivity contribution in [3.05, 3.63) is 41.4 Å². The molecule has 0 atom stereocenters. The fourth-order valence-electron chi connectivity index (χ4n) is 1.60. The summed E-state index contributed by atoms with van der Waals surface area (Å²) >= 11 is 1.68. The maximum absolute atomic E-state index is 5.53. The Morgan fingerprint density at radius 3 is 2.87 bits per heavy atom. The standard InChI is InChI=1S/C12H14N2S/c13-7-3-5-10-4-1-2-6-11(10)12-14-8-9-15-12/h1-2,4,6,8-9H,3,5,7,13H2. The maximum atomic E-state index is 5.53. The summed E-state index contributed by atoms with van der Waals surface area (Å²) in [6, 6.07) is 8.42. The topological polar surface area (TPSA) is 38.9 Å². The highest BCUT2D eigenvalue weighted by Crippen LogP contribution is 2.26. The molecule has 2 N–H and O–H groups in total. The summed E-state index contributed by atoms with van der Waals surface area (Å²) in [5.41, 5.74) is 8.13. The summed E-state index contributed by atoms with van der Waals surface area (Å²) in [6.07, 6.45) is 3.91. The number of thiazole rings is 1. The van der Waals surface area contributed by atoms with Gasteiger partial charge >= 0.3 is 0 Å². The predicted molar refractivity (Wildman–Crippen MR) is 64.9 cm³/mol. The molecule has 0 amide bonds.